The molecule has 1 rings (SSSR count). The van der Waals surface area contributed by atoms with Gasteiger partial charge in [-0.15, -0.1) is 11.6 Å². The molecule has 1 N–H and O–H groups in total. The molecule has 0 spiro atoms. The lowest BCUT2D eigenvalue weighted by Gasteiger charge is -2.07. The average molecular weight is 234 g/mol. The molecule has 1 aromatic carbocycles. The van der Waals surface area contributed by atoms with Crippen molar-refractivity contribution in [2.75, 3.05) is 6.54 Å². The molecule has 2 nitrogen and oxygen atoms in total. The van der Waals surface area contributed by atoms with Crippen molar-refractivity contribution in [2.45, 2.75) is 12.3 Å². The molecule has 0 aliphatic rings. The standard InChI is InChI=1S/C10H10ClF2NO/c1-6(11)5-14-10(15)9-7(12)3-2-4-8(9)13/h2-4,6H,5H2,1H3,(H,14,15). The summed E-state index contributed by atoms with van der Waals surface area (Å²) in [5.41, 5.74) is -0.574. The summed E-state index contributed by atoms with van der Waals surface area (Å²) in [6, 6.07) is 3.26. The SMILES string of the molecule is CC(Cl)CNC(=O)c1c(F)cccc1F. The summed E-state index contributed by atoms with van der Waals surface area (Å²) in [6.07, 6.45) is 0. The van der Waals surface area contributed by atoms with Crippen LogP contribution in [0.25, 0.3) is 0 Å². The highest BCUT2D eigenvalue weighted by Crippen LogP contribution is 2.11. The number of carbonyl (C=O) groups is 1. The first-order valence-electron chi connectivity index (χ1n) is 4.38. The fourth-order valence-corrected chi connectivity index (χ4v) is 1.11. The number of hydrogen-bond acceptors (Lipinski definition) is 1. The maximum atomic E-state index is 13.1. The monoisotopic (exact) mass is 233 g/mol. The van der Waals surface area contributed by atoms with Gasteiger partial charge in [0.15, 0.2) is 0 Å². The number of carbonyl (C=O) groups excluding carboxylic acids is 1. The van der Waals surface area contributed by atoms with Crippen LogP contribution in [0.3, 0.4) is 0 Å². The van der Waals surface area contributed by atoms with Gasteiger partial charge in [-0.3, -0.25) is 4.79 Å². The predicted molar refractivity (Wildman–Crippen MR) is 54.0 cm³/mol. The van der Waals surface area contributed by atoms with Gasteiger partial charge in [0.05, 0.1) is 0 Å². The van der Waals surface area contributed by atoms with Crippen molar-refractivity contribution >= 4 is 17.5 Å². The highest BCUT2D eigenvalue weighted by atomic mass is 35.5. The lowest BCUT2D eigenvalue weighted by Crippen LogP contribution is -2.30. The zero-order valence-corrected chi connectivity index (χ0v) is 8.81. The summed E-state index contributed by atoms with van der Waals surface area (Å²) in [5.74, 6) is -2.55. The van der Waals surface area contributed by atoms with E-state index in [2.05, 4.69) is 5.32 Å². The van der Waals surface area contributed by atoms with Gasteiger partial charge in [0.1, 0.15) is 17.2 Å². The molecule has 1 unspecified atom stereocenters. The van der Waals surface area contributed by atoms with Crippen molar-refractivity contribution in [3.8, 4) is 0 Å². The Kier molecular flexibility index (Phi) is 4.03. The van der Waals surface area contributed by atoms with Crippen LogP contribution in [0.15, 0.2) is 18.2 Å². The van der Waals surface area contributed by atoms with E-state index in [1.165, 1.54) is 6.07 Å². The molecule has 0 saturated heterocycles. The van der Waals surface area contributed by atoms with Gasteiger partial charge in [-0.1, -0.05) is 6.07 Å². The molecule has 5 heteroatoms. The lowest BCUT2D eigenvalue weighted by atomic mass is 10.2. The predicted octanol–water partition coefficient (Wildman–Crippen LogP) is 2.32. The van der Waals surface area contributed by atoms with E-state index in [1.807, 2.05) is 0 Å². The van der Waals surface area contributed by atoms with Crippen molar-refractivity contribution in [1.82, 2.24) is 5.32 Å². The van der Waals surface area contributed by atoms with Crippen LogP contribution in [0.4, 0.5) is 8.78 Å². The van der Waals surface area contributed by atoms with Crippen LogP contribution in [0.2, 0.25) is 0 Å². The number of alkyl halides is 1. The third-order valence-electron chi connectivity index (χ3n) is 1.73. The summed E-state index contributed by atoms with van der Waals surface area (Å²) < 4.78 is 26.2. The van der Waals surface area contributed by atoms with Gasteiger partial charge in [-0.05, 0) is 19.1 Å². The maximum absolute atomic E-state index is 13.1. The van der Waals surface area contributed by atoms with Gasteiger partial charge in [0, 0.05) is 11.9 Å². The fourth-order valence-electron chi connectivity index (χ4n) is 1.04. The lowest BCUT2D eigenvalue weighted by molar-refractivity contribution is 0.0945. The van der Waals surface area contributed by atoms with E-state index in [1.54, 1.807) is 6.92 Å². The number of nitrogens with one attached hydrogen (secondary N) is 1. The molecule has 15 heavy (non-hydrogen) atoms. The number of halogens is 3. The Morgan fingerprint density at radius 3 is 2.47 bits per heavy atom. The van der Waals surface area contributed by atoms with Gasteiger partial charge in [-0.2, -0.15) is 0 Å². The second-order valence-corrected chi connectivity index (χ2v) is 3.83. The molecule has 0 aromatic heterocycles. The van der Waals surface area contributed by atoms with Crippen LogP contribution in [-0.4, -0.2) is 17.8 Å². The summed E-state index contributed by atoms with van der Waals surface area (Å²) in [4.78, 5) is 11.3. The molecule has 0 radical (unpaired) electrons. The number of benzene rings is 1. The number of hydrogen-bond donors (Lipinski definition) is 1. The van der Waals surface area contributed by atoms with E-state index in [0.29, 0.717) is 0 Å². The van der Waals surface area contributed by atoms with Gasteiger partial charge in [0.2, 0.25) is 0 Å². The molecule has 0 fully saturated rings. The summed E-state index contributed by atoms with van der Waals surface area (Å²) in [6.45, 7) is 1.83. The maximum Gasteiger partial charge on any atom is 0.257 e. The average Bonchev–Trinajstić information content (AvgIpc) is 2.14. The molecule has 82 valence electrons. The van der Waals surface area contributed by atoms with Crippen molar-refractivity contribution in [1.29, 1.82) is 0 Å². The summed E-state index contributed by atoms with van der Waals surface area (Å²) >= 11 is 5.59. The van der Waals surface area contributed by atoms with E-state index in [-0.39, 0.29) is 11.9 Å². The van der Waals surface area contributed by atoms with Crippen LogP contribution in [0.1, 0.15) is 17.3 Å². The molecule has 0 heterocycles. The highest BCUT2D eigenvalue weighted by Gasteiger charge is 2.16. The first-order chi connectivity index (χ1) is 7.02. The second-order valence-electron chi connectivity index (χ2n) is 3.09. The molecule has 1 atom stereocenters. The zero-order chi connectivity index (χ0) is 11.4. The Bertz CT molecular complexity index is 348. The van der Waals surface area contributed by atoms with Crippen LogP contribution < -0.4 is 5.32 Å². The van der Waals surface area contributed by atoms with Gasteiger partial charge >= 0.3 is 0 Å². The number of amides is 1. The van der Waals surface area contributed by atoms with E-state index in [4.69, 9.17) is 11.6 Å². The zero-order valence-electron chi connectivity index (χ0n) is 8.06. The molecule has 0 saturated carbocycles. The van der Waals surface area contributed by atoms with Crippen LogP contribution >= 0.6 is 11.6 Å². The number of rotatable bonds is 3. The topological polar surface area (TPSA) is 29.1 Å². The Morgan fingerprint density at radius 2 is 2.00 bits per heavy atom. The molecule has 0 bridgehead atoms. The third-order valence-corrected chi connectivity index (χ3v) is 1.89. The molecule has 1 aromatic rings. The molecular formula is C10H10ClF2NO. The Hall–Kier alpha value is -1.16. The molecular weight excluding hydrogens is 224 g/mol. The van der Waals surface area contributed by atoms with Gasteiger partial charge in [-0.25, -0.2) is 8.78 Å². The Morgan fingerprint density at radius 1 is 1.47 bits per heavy atom. The van der Waals surface area contributed by atoms with E-state index < -0.39 is 23.1 Å². The Labute approximate surface area is 91.2 Å². The molecule has 0 aliphatic carbocycles. The highest BCUT2D eigenvalue weighted by molar-refractivity contribution is 6.20. The molecule has 0 aliphatic heterocycles. The second kappa shape index (κ2) is 5.07. The van der Waals surface area contributed by atoms with Crippen LogP contribution in [0, 0.1) is 11.6 Å². The van der Waals surface area contributed by atoms with E-state index in [9.17, 15) is 13.6 Å². The van der Waals surface area contributed by atoms with Gasteiger partial charge in [0.25, 0.3) is 5.91 Å². The third kappa shape index (κ3) is 3.16. The van der Waals surface area contributed by atoms with Crippen molar-refractivity contribution in [3.05, 3.63) is 35.4 Å². The van der Waals surface area contributed by atoms with E-state index in [0.717, 1.165) is 12.1 Å². The minimum Gasteiger partial charge on any atom is -0.350 e. The summed E-state index contributed by atoms with van der Waals surface area (Å²) in [7, 11) is 0. The minimum atomic E-state index is -0.880. The first-order valence-corrected chi connectivity index (χ1v) is 4.82. The Balaban J connectivity index is 2.82. The fraction of sp³-hybridized carbons (Fsp3) is 0.300. The quantitative estimate of drug-likeness (QED) is 0.798. The molecule has 1 amide bonds. The van der Waals surface area contributed by atoms with E-state index >= 15 is 0 Å². The van der Waals surface area contributed by atoms with Crippen molar-refractivity contribution in [2.24, 2.45) is 0 Å². The summed E-state index contributed by atoms with van der Waals surface area (Å²) in [5, 5.41) is 2.04. The van der Waals surface area contributed by atoms with Gasteiger partial charge < -0.3 is 5.32 Å². The normalized spacial score (nSPS) is 12.3. The largest absolute Gasteiger partial charge is 0.350 e. The van der Waals surface area contributed by atoms with Crippen molar-refractivity contribution in [3.63, 3.8) is 0 Å². The smallest absolute Gasteiger partial charge is 0.257 e. The first kappa shape index (κ1) is 11.9. The van der Waals surface area contributed by atoms with Crippen LogP contribution in [0.5, 0.6) is 0 Å². The van der Waals surface area contributed by atoms with Crippen molar-refractivity contribution < 1.29 is 13.6 Å². The minimum absolute atomic E-state index is 0.161. The van der Waals surface area contributed by atoms with Crippen LogP contribution in [-0.2, 0) is 0 Å².